The first-order valence-corrected chi connectivity index (χ1v) is 6.84. The van der Waals surface area contributed by atoms with Crippen LogP contribution in [0.2, 0.25) is 0 Å². The number of nitrogens with two attached hydrogens (primary N) is 1. The molecule has 0 aromatic carbocycles. The number of nitrogens with zero attached hydrogens (tertiary/aromatic N) is 2. The minimum Gasteiger partial charge on any atom is -0.464 e. The maximum Gasteiger partial charge on any atom is 0.268 e. The maximum atomic E-state index is 12.1. The highest BCUT2D eigenvalue weighted by Gasteiger charge is 2.15. The Morgan fingerprint density at radius 2 is 2.25 bits per heavy atom. The topological polar surface area (TPSA) is 103 Å². The standard InChI is InChI=1S/C12H13IN4O3/c1-6-9(11(18)16-14)3-8(20-6)5-17-7(2)15-4-10(13)12(17)19/h3-4H,5,14H2,1-2H3,(H,16,18). The number of halogens is 1. The second kappa shape index (κ2) is 5.75. The van der Waals surface area contributed by atoms with E-state index in [-0.39, 0.29) is 12.1 Å². The molecule has 7 nitrogen and oxygen atoms in total. The van der Waals surface area contributed by atoms with E-state index in [4.69, 9.17) is 10.3 Å². The van der Waals surface area contributed by atoms with Crippen LogP contribution in [0, 0.1) is 17.4 Å². The van der Waals surface area contributed by atoms with Crippen LogP contribution in [-0.4, -0.2) is 15.5 Å². The van der Waals surface area contributed by atoms with E-state index >= 15 is 0 Å². The van der Waals surface area contributed by atoms with Crippen molar-refractivity contribution in [2.75, 3.05) is 0 Å². The van der Waals surface area contributed by atoms with Gasteiger partial charge in [0.05, 0.1) is 15.7 Å². The van der Waals surface area contributed by atoms with E-state index in [1.807, 2.05) is 22.6 Å². The van der Waals surface area contributed by atoms with Gasteiger partial charge in [-0.25, -0.2) is 10.8 Å². The lowest BCUT2D eigenvalue weighted by molar-refractivity contribution is 0.0952. The molecule has 2 heterocycles. The lowest BCUT2D eigenvalue weighted by Gasteiger charge is -2.07. The average Bonchev–Trinajstić information content (AvgIpc) is 2.79. The Hall–Kier alpha value is -1.68. The molecule has 0 aliphatic carbocycles. The number of rotatable bonds is 3. The zero-order chi connectivity index (χ0) is 14.9. The Kier molecular flexibility index (Phi) is 4.23. The fourth-order valence-corrected chi connectivity index (χ4v) is 2.25. The van der Waals surface area contributed by atoms with E-state index in [2.05, 4.69) is 10.4 Å². The number of aromatic nitrogens is 2. The molecule has 8 heteroatoms. The van der Waals surface area contributed by atoms with Crippen LogP contribution in [-0.2, 0) is 6.54 Å². The molecule has 0 fully saturated rings. The van der Waals surface area contributed by atoms with Crippen molar-refractivity contribution in [1.29, 1.82) is 0 Å². The molecule has 3 N–H and O–H groups in total. The third-order valence-electron chi connectivity index (χ3n) is 2.86. The predicted octanol–water partition coefficient (Wildman–Crippen LogP) is 0.710. The Labute approximate surface area is 128 Å². The van der Waals surface area contributed by atoms with Crippen LogP contribution in [0.4, 0.5) is 0 Å². The number of amides is 1. The molecule has 2 rings (SSSR count). The van der Waals surface area contributed by atoms with Crippen molar-refractivity contribution in [3.63, 3.8) is 0 Å². The first-order valence-electron chi connectivity index (χ1n) is 5.76. The third-order valence-corrected chi connectivity index (χ3v) is 3.60. The van der Waals surface area contributed by atoms with Gasteiger partial charge in [-0.2, -0.15) is 0 Å². The van der Waals surface area contributed by atoms with Gasteiger partial charge in [-0.1, -0.05) is 0 Å². The van der Waals surface area contributed by atoms with Crippen molar-refractivity contribution in [1.82, 2.24) is 15.0 Å². The van der Waals surface area contributed by atoms with Crippen molar-refractivity contribution in [2.45, 2.75) is 20.4 Å². The summed E-state index contributed by atoms with van der Waals surface area (Å²) in [6.45, 7) is 3.62. The van der Waals surface area contributed by atoms with Gasteiger partial charge >= 0.3 is 0 Å². The highest BCUT2D eigenvalue weighted by Crippen LogP contribution is 2.15. The normalized spacial score (nSPS) is 10.6. The first-order chi connectivity index (χ1) is 9.43. The molecular formula is C12H13IN4O3. The monoisotopic (exact) mass is 388 g/mol. The fourth-order valence-electron chi connectivity index (χ4n) is 1.82. The fraction of sp³-hybridized carbons (Fsp3) is 0.250. The van der Waals surface area contributed by atoms with Crippen LogP contribution in [0.5, 0.6) is 0 Å². The van der Waals surface area contributed by atoms with Gasteiger partial charge in [0.1, 0.15) is 17.3 Å². The molecule has 0 radical (unpaired) electrons. The quantitative estimate of drug-likeness (QED) is 0.349. The highest BCUT2D eigenvalue weighted by molar-refractivity contribution is 14.1. The molecule has 2 aromatic heterocycles. The summed E-state index contributed by atoms with van der Waals surface area (Å²) in [5.41, 5.74) is 2.26. The van der Waals surface area contributed by atoms with E-state index in [0.29, 0.717) is 26.5 Å². The van der Waals surface area contributed by atoms with E-state index in [1.54, 1.807) is 19.9 Å². The zero-order valence-corrected chi connectivity index (χ0v) is 13.1. The predicted molar refractivity (Wildman–Crippen MR) is 80.2 cm³/mol. The van der Waals surface area contributed by atoms with Crippen LogP contribution in [0.3, 0.4) is 0 Å². The van der Waals surface area contributed by atoms with Crippen molar-refractivity contribution >= 4 is 28.5 Å². The van der Waals surface area contributed by atoms with Crippen molar-refractivity contribution in [2.24, 2.45) is 5.84 Å². The van der Waals surface area contributed by atoms with Crippen LogP contribution in [0.25, 0.3) is 0 Å². The highest BCUT2D eigenvalue weighted by atomic mass is 127. The van der Waals surface area contributed by atoms with E-state index in [9.17, 15) is 9.59 Å². The number of nitrogen functional groups attached to an aromatic ring is 1. The van der Waals surface area contributed by atoms with Crippen LogP contribution < -0.4 is 16.8 Å². The van der Waals surface area contributed by atoms with Gasteiger partial charge < -0.3 is 4.42 Å². The second-order valence-corrected chi connectivity index (χ2v) is 5.36. The van der Waals surface area contributed by atoms with Crippen molar-refractivity contribution in [3.8, 4) is 0 Å². The molecule has 0 bridgehead atoms. The maximum absolute atomic E-state index is 12.1. The minimum atomic E-state index is -0.428. The van der Waals surface area contributed by atoms with Crippen LogP contribution in [0.15, 0.2) is 21.5 Å². The molecule has 0 saturated heterocycles. The van der Waals surface area contributed by atoms with Gasteiger partial charge in [0.15, 0.2) is 0 Å². The largest absolute Gasteiger partial charge is 0.464 e. The summed E-state index contributed by atoms with van der Waals surface area (Å²) in [5, 5.41) is 0. The summed E-state index contributed by atoms with van der Waals surface area (Å²) in [6, 6.07) is 1.57. The number of carbonyl (C=O) groups is 1. The number of aryl methyl sites for hydroxylation is 2. The Morgan fingerprint density at radius 1 is 1.55 bits per heavy atom. The van der Waals surface area contributed by atoms with Crippen molar-refractivity contribution < 1.29 is 9.21 Å². The number of hydrogen-bond donors (Lipinski definition) is 2. The Bertz CT molecular complexity index is 720. The Morgan fingerprint density at radius 3 is 2.90 bits per heavy atom. The van der Waals surface area contributed by atoms with Gasteiger partial charge in [0.2, 0.25) is 0 Å². The number of carbonyl (C=O) groups excluding carboxylic acids is 1. The molecule has 2 aromatic rings. The van der Waals surface area contributed by atoms with E-state index < -0.39 is 5.91 Å². The van der Waals surface area contributed by atoms with Gasteiger partial charge in [-0.3, -0.25) is 19.6 Å². The molecule has 0 atom stereocenters. The molecule has 0 aliphatic heterocycles. The first kappa shape index (κ1) is 14.7. The van der Waals surface area contributed by atoms with Crippen LogP contribution >= 0.6 is 22.6 Å². The number of hydrazine groups is 1. The summed E-state index contributed by atoms with van der Waals surface area (Å²) in [7, 11) is 0. The summed E-state index contributed by atoms with van der Waals surface area (Å²) < 4.78 is 7.50. The lowest BCUT2D eigenvalue weighted by atomic mass is 10.2. The SMILES string of the molecule is Cc1oc(Cn2c(C)ncc(I)c2=O)cc1C(=O)NN. The molecule has 0 saturated carbocycles. The minimum absolute atomic E-state index is 0.142. The molecule has 0 spiro atoms. The smallest absolute Gasteiger partial charge is 0.268 e. The summed E-state index contributed by atoms with van der Waals surface area (Å²) >= 11 is 1.93. The zero-order valence-electron chi connectivity index (χ0n) is 10.9. The summed E-state index contributed by atoms with van der Waals surface area (Å²) in [6.07, 6.45) is 1.52. The molecule has 0 aliphatic rings. The van der Waals surface area contributed by atoms with Gasteiger partial charge in [0, 0.05) is 6.20 Å². The molecular weight excluding hydrogens is 375 g/mol. The molecule has 20 heavy (non-hydrogen) atoms. The summed E-state index contributed by atoms with van der Waals surface area (Å²) in [5.74, 6) is 6.19. The summed E-state index contributed by atoms with van der Waals surface area (Å²) in [4.78, 5) is 27.7. The second-order valence-electron chi connectivity index (χ2n) is 4.20. The van der Waals surface area contributed by atoms with E-state index in [0.717, 1.165) is 0 Å². The van der Waals surface area contributed by atoms with E-state index in [1.165, 1.54) is 10.8 Å². The van der Waals surface area contributed by atoms with Crippen molar-refractivity contribution in [3.05, 3.63) is 49.1 Å². The van der Waals surface area contributed by atoms with Gasteiger partial charge in [0.25, 0.3) is 11.5 Å². The van der Waals surface area contributed by atoms with Gasteiger partial charge in [-0.15, -0.1) is 0 Å². The lowest BCUT2D eigenvalue weighted by Crippen LogP contribution is -2.30. The van der Waals surface area contributed by atoms with Crippen LogP contribution in [0.1, 0.15) is 27.7 Å². The average molecular weight is 388 g/mol. The number of furan rings is 1. The molecule has 1 amide bonds. The number of hydrogen-bond acceptors (Lipinski definition) is 5. The molecule has 106 valence electrons. The van der Waals surface area contributed by atoms with Gasteiger partial charge in [-0.05, 0) is 42.5 Å². The number of nitrogens with one attached hydrogen (secondary N) is 1. The Balaban J connectivity index is 2.39. The third kappa shape index (κ3) is 2.75. The molecule has 0 unspecified atom stereocenters.